The number of hydrogen-bond acceptors (Lipinski definition) is 15. The Bertz CT molecular complexity index is 2420. The van der Waals surface area contributed by atoms with Crippen LogP contribution in [0.1, 0.15) is 56.1 Å². The summed E-state index contributed by atoms with van der Waals surface area (Å²) < 4.78 is 0. The highest BCUT2D eigenvalue weighted by atomic mass is 33.1. The van der Waals surface area contributed by atoms with Crippen molar-refractivity contribution in [1.29, 1.82) is 0 Å². The van der Waals surface area contributed by atoms with E-state index in [2.05, 4.69) is 47.9 Å². The Balaban J connectivity index is 1.71. The smallest absolute Gasteiger partial charge is 0.279 e. The first kappa shape index (κ1) is 59.9. The van der Waals surface area contributed by atoms with E-state index in [4.69, 9.17) is 28.7 Å². The highest BCUT2D eigenvalue weighted by molar-refractivity contribution is 8.76. The van der Waals surface area contributed by atoms with Gasteiger partial charge >= 0.3 is 0 Å². The molecule has 2 fully saturated rings. The molecule has 21 N–H and O–H groups in total. The Kier molecular flexibility index (Phi) is 23.9. The van der Waals surface area contributed by atoms with Crippen LogP contribution in [0.5, 0.6) is 5.75 Å². The van der Waals surface area contributed by atoms with Crippen LogP contribution in [0.2, 0.25) is 0 Å². The Hall–Kier alpha value is -7.66. The number of nitrogens with one attached hydrogen (secondary N) is 7. The van der Waals surface area contributed by atoms with Gasteiger partial charge in [-0.15, -0.1) is 0 Å². The summed E-state index contributed by atoms with van der Waals surface area (Å²) in [5, 5.41) is 27.8. The van der Waals surface area contributed by atoms with E-state index in [1.807, 2.05) is 0 Å². The fraction of sp³-hybridized carbons (Fsp3) is 0.478. The minimum Gasteiger partial charge on any atom is -0.508 e. The van der Waals surface area contributed by atoms with Crippen LogP contribution in [0, 0.1) is 0 Å². The number of phenolic OH excluding ortho intramolecular Hbond substituents is 1. The van der Waals surface area contributed by atoms with Crippen molar-refractivity contribution in [3.63, 3.8) is 0 Å². The third-order valence-electron chi connectivity index (χ3n) is 11.7. The van der Waals surface area contributed by atoms with Crippen LogP contribution < -0.4 is 71.6 Å². The van der Waals surface area contributed by atoms with E-state index < -0.39 is 139 Å². The summed E-state index contributed by atoms with van der Waals surface area (Å²) in [5.74, 6) is -10.2. The lowest BCUT2D eigenvalue weighted by Gasteiger charge is -2.31. The maximum absolute atomic E-state index is 14.6. The van der Waals surface area contributed by atoms with Crippen molar-refractivity contribution in [1.82, 2.24) is 42.1 Å². The number of guanidine groups is 1. The molecule has 408 valence electrons. The Morgan fingerprint density at radius 1 is 0.720 bits per heavy atom. The molecule has 2 aliphatic heterocycles. The van der Waals surface area contributed by atoms with Crippen molar-refractivity contribution in [3.8, 4) is 5.75 Å². The molecule has 0 aromatic heterocycles. The summed E-state index contributed by atoms with van der Waals surface area (Å²) in [6.45, 7) is -0.425. The molecule has 0 unspecified atom stereocenters. The first-order valence-corrected chi connectivity index (χ1v) is 26.3. The molecule has 75 heavy (non-hydrogen) atoms. The maximum Gasteiger partial charge on any atom is 0.279 e. The van der Waals surface area contributed by atoms with Crippen molar-refractivity contribution >= 4 is 92.5 Å². The monoisotopic (exact) mass is 1080 g/mol. The van der Waals surface area contributed by atoms with Crippen LogP contribution in [0.4, 0.5) is 0 Å². The van der Waals surface area contributed by atoms with Gasteiger partial charge in [0.05, 0.1) is 18.7 Å². The van der Waals surface area contributed by atoms with Gasteiger partial charge in [0.15, 0.2) is 12.0 Å². The summed E-state index contributed by atoms with van der Waals surface area (Å²) in [5.41, 5.74) is 32.1. The van der Waals surface area contributed by atoms with Gasteiger partial charge in [0.1, 0.15) is 48.0 Å². The van der Waals surface area contributed by atoms with Gasteiger partial charge in [-0.05, 0) is 55.4 Å². The number of quaternary nitrogens is 1. The molecule has 2 heterocycles. The highest BCUT2D eigenvalue weighted by Crippen LogP contribution is 2.26. The molecule has 4 rings (SSSR count). The van der Waals surface area contributed by atoms with Crippen molar-refractivity contribution < 1.29 is 63.6 Å². The maximum atomic E-state index is 14.6. The van der Waals surface area contributed by atoms with Gasteiger partial charge in [-0.2, -0.15) is 0 Å². The van der Waals surface area contributed by atoms with E-state index in [-0.39, 0.29) is 68.4 Å². The number of aliphatic imine (C=N–C) groups is 1. The second-order valence-electron chi connectivity index (χ2n) is 17.7. The molecule has 2 saturated heterocycles. The molecule has 0 spiro atoms. The Morgan fingerprint density at radius 3 is 1.91 bits per heavy atom. The Morgan fingerprint density at radius 2 is 1.29 bits per heavy atom. The molecule has 2 aromatic carbocycles. The van der Waals surface area contributed by atoms with E-state index in [1.165, 1.54) is 29.2 Å². The third kappa shape index (κ3) is 20.3. The molecule has 2 aliphatic rings. The van der Waals surface area contributed by atoms with Crippen LogP contribution >= 0.6 is 21.6 Å². The van der Waals surface area contributed by atoms with Crippen molar-refractivity contribution in [3.05, 3.63) is 65.7 Å². The number of phenols is 1. The van der Waals surface area contributed by atoms with Gasteiger partial charge in [0.2, 0.25) is 59.1 Å². The minimum absolute atomic E-state index is 0.00616. The lowest BCUT2D eigenvalue weighted by Crippen LogP contribution is -2.70. The van der Waals surface area contributed by atoms with Gasteiger partial charge in [-0.3, -0.25) is 57.7 Å². The van der Waals surface area contributed by atoms with E-state index in [0.717, 1.165) is 21.6 Å². The largest absolute Gasteiger partial charge is 0.508 e. The average molecular weight is 1090 g/mol. The van der Waals surface area contributed by atoms with Gasteiger partial charge in [-0.25, -0.2) is 0 Å². The summed E-state index contributed by atoms with van der Waals surface area (Å²) >= 11 is 0. The van der Waals surface area contributed by atoms with Crippen LogP contribution in [0.25, 0.3) is 0 Å². The number of carbonyl (C=O) groups is 11. The second-order valence-corrected chi connectivity index (χ2v) is 20.2. The molecule has 0 saturated carbocycles. The number of nitrogens with two attached hydrogens (primary N) is 5. The number of aromatic hydroxyl groups is 1. The number of rotatable bonds is 19. The first-order valence-electron chi connectivity index (χ1n) is 23.8. The number of likely N-dealkylation sites (tertiary alicyclic amines) is 1. The fourth-order valence-electron chi connectivity index (χ4n) is 7.82. The van der Waals surface area contributed by atoms with Gasteiger partial charge in [-0.1, -0.05) is 64.1 Å². The second kappa shape index (κ2) is 29.9. The van der Waals surface area contributed by atoms with Crippen LogP contribution in [-0.4, -0.2) is 160 Å². The molecular formula is C46H66N15O12S2+. The zero-order chi connectivity index (χ0) is 55.2. The molecule has 0 bridgehead atoms. The van der Waals surface area contributed by atoms with E-state index in [9.17, 15) is 57.8 Å². The number of amides is 11. The molecule has 27 nitrogen and oxygen atoms in total. The van der Waals surface area contributed by atoms with Crippen molar-refractivity contribution in [2.45, 2.75) is 106 Å². The number of carbonyl (C=O) groups excluding carboxylic acids is 11. The number of benzene rings is 2. The van der Waals surface area contributed by atoms with E-state index in [0.29, 0.717) is 17.5 Å². The van der Waals surface area contributed by atoms with Gasteiger partial charge in [0.25, 0.3) is 5.91 Å². The number of primary amides is 3. The lowest BCUT2D eigenvalue weighted by atomic mass is 10.0. The number of nitrogens with zero attached hydrogens (tertiary/aromatic N) is 2. The Labute approximate surface area is 439 Å². The molecule has 8 atom stereocenters. The van der Waals surface area contributed by atoms with Crippen LogP contribution in [0.3, 0.4) is 0 Å². The molecule has 29 heteroatoms. The summed E-state index contributed by atoms with van der Waals surface area (Å²) in [6, 6.07) is 3.25. The van der Waals surface area contributed by atoms with Gasteiger partial charge < -0.3 is 81.6 Å². The van der Waals surface area contributed by atoms with E-state index >= 15 is 0 Å². The van der Waals surface area contributed by atoms with Crippen LogP contribution in [-0.2, 0) is 65.6 Å². The minimum atomic E-state index is -1.79. The highest BCUT2D eigenvalue weighted by Gasteiger charge is 2.41. The van der Waals surface area contributed by atoms with Gasteiger partial charge in [0, 0.05) is 38.1 Å². The summed E-state index contributed by atoms with van der Waals surface area (Å²) in [4.78, 5) is 153. The predicted molar refractivity (Wildman–Crippen MR) is 274 cm³/mol. The zero-order valence-electron chi connectivity index (χ0n) is 41.0. The quantitative estimate of drug-likeness (QED) is 0.0269. The SMILES string of the molecule is NC(=O)CC[C@@H]1NC(=O)[C@H](Cc2ccccc2)NC(=O)[C@H](Cc2ccc(O)cc2)NC(=O)[C@@H]([NH3+])CSSC[C@@H](C(=O)N2CCC[C@H]2C(=O)N[C@@H](CCCN=C(N)N)C(=O)NCC(N)=O)NC(=O)[C@H](CC(N)=O)NC1=O. The number of hydrogen-bond donors (Lipinski definition) is 14. The summed E-state index contributed by atoms with van der Waals surface area (Å²) in [7, 11) is 2.10. The third-order valence-corrected chi connectivity index (χ3v) is 14.2. The fourth-order valence-corrected chi connectivity index (χ4v) is 10.2. The molecule has 0 aliphatic carbocycles. The molecule has 2 aromatic rings. The normalized spacial score (nSPS) is 22.6. The van der Waals surface area contributed by atoms with Crippen LogP contribution in [0.15, 0.2) is 59.6 Å². The molecule has 11 amide bonds. The topological polar surface area (TPSA) is 466 Å². The lowest BCUT2D eigenvalue weighted by molar-refractivity contribution is -0.396. The first-order chi connectivity index (χ1) is 35.6. The van der Waals surface area contributed by atoms with E-state index in [1.54, 1.807) is 30.3 Å². The zero-order valence-corrected chi connectivity index (χ0v) is 42.6. The van der Waals surface area contributed by atoms with Crippen molar-refractivity contribution in [2.24, 2.45) is 33.7 Å². The van der Waals surface area contributed by atoms with Crippen molar-refractivity contribution in [2.75, 3.05) is 31.1 Å². The summed E-state index contributed by atoms with van der Waals surface area (Å²) in [6.07, 6.45) is -1.30. The standard InChI is InChI=1S/C46H65N15O12S2/c47-27-22-74-75-23-33(45(73)61-17-5-9-34(61)44(72)56-28(8-4-16-53-46(51)52)39(67)54-21-37(50)65)60-43(71)32(20-36(49)64)59-40(68)29(14-15-35(48)63)55-41(69)31(18-24-6-2-1-3-7-24)58-42(70)30(57-38(27)66)19-25-10-12-26(62)13-11-25/h1-3,6-7,10-13,27-34,62H,4-5,8-9,14-23,47H2,(H2,48,63)(H2,49,64)(H2,50,65)(H,54,67)(H,55,69)(H,56,72)(H,57,66)(H,58,70)(H,59,68)(H,60,71)(H4,51,52,53)/p+1/t27-,28-,29-,30-,31-,32-,33-,34-/m0/s1. The molecular weight excluding hydrogens is 1020 g/mol. The average Bonchev–Trinajstić information content (AvgIpc) is 3.86. The molecule has 0 radical (unpaired) electrons. The predicted octanol–water partition coefficient (Wildman–Crippen LogP) is -6.12.